The maximum Gasteiger partial charge on any atom is 0.142 e. The molecule has 0 radical (unpaired) electrons. The van der Waals surface area contributed by atoms with Crippen molar-refractivity contribution in [1.82, 2.24) is 4.98 Å². The summed E-state index contributed by atoms with van der Waals surface area (Å²) in [6, 6.07) is 3.85. The molecule has 3 nitrogen and oxygen atoms in total. The molecule has 0 fully saturated rings. The van der Waals surface area contributed by atoms with Crippen LogP contribution in [0.5, 0.6) is 0 Å². The zero-order valence-electron chi connectivity index (χ0n) is 9.16. The van der Waals surface area contributed by atoms with Gasteiger partial charge >= 0.3 is 0 Å². The molecule has 0 aliphatic heterocycles. The first kappa shape index (κ1) is 12.0. The number of nitrogen functional groups attached to an aromatic ring is 1. The summed E-state index contributed by atoms with van der Waals surface area (Å²) in [6.07, 6.45) is 2.83. The van der Waals surface area contributed by atoms with Crippen LogP contribution in [-0.2, 0) is 0 Å². The molecule has 0 aliphatic rings. The van der Waals surface area contributed by atoms with Crippen LogP contribution >= 0.6 is 11.8 Å². The van der Waals surface area contributed by atoms with Crippen molar-refractivity contribution in [2.75, 3.05) is 5.75 Å². The lowest BCUT2D eigenvalue weighted by Crippen LogP contribution is -2.14. The number of nitrogens with two attached hydrogens (primary N) is 1. The zero-order chi connectivity index (χ0) is 11.3. The molecule has 0 spiro atoms. The number of amidine groups is 1. The Labute approximate surface area is 95.0 Å². The summed E-state index contributed by atoms with van der Waals surface area (Å²) in [6.45, 7) is 4.41. The van der Waals surface area contributed by atoms with Gasteiger partial charge in [0.2, 0.25) is 0 Å². The Bertz CT molecular complexity index is 336. The molecule has 4 heteroatoms. The summed E-state index contributed by atoms with van der Waals surface area (Å²) in [5.74, 6) is 1.79. The van der Waals surface area contributed by atoms with Crippen molar-refractivity contribution in [3.63, 3.8) is 0 Å². The second-order valence-electron chi connectivity index (χ2n) is 3.79. The van der Waals surface area contributed by atoms with E-state index in [4.69, 9.17) is 11.1 Å². The van der Waals surface area contributed by atoms with E-state index >= 15 is 0 Å². The summed E-state index contributed by atoms with van der Waals surface area (Å²) >= 11 is 1.72. The summed E-state index contributed by atoms with van der Waals surface area (Å²) < 4.78 is 0. The molecule has 0 amide bonds. The minimum Gasteiger partial charge on any atom is -0.382 e. The van der Waals surface area contributed by atoms with Gasteiger partial charge in [0.05, 0.1) is 0 Å². The predicted molar refractivity (Wildman–Crippen MR) is 65.4 cm³/mol. The van der Waals surface area contributed by atoms with Crippen LogP contribution in [0.2, 0.25) is 0 Å². The summed E-state index contributed by atoms with van der Waals surface area (Å²) in [7, 11) is 0. The van der Waals surface area contributed by atoms with Crippen molar-refractivity contribution in [3.8, 4) is 0 Å². The van der Waals surface area contributed by atoms with Gasteiger partial charge in [0.15, 0.2) is 0 Å². The van der Waals surface area contributed by atoms with Gasteiger partial charge < -0.3 is 5.73 Å². The molecule has 1 aromatic heterocycles. The second kappa shape index (κ2) is 5.75. The highest BCUT2D eigenvalue weighted by Gasteiger charge is 2.06. The molecule has 0 saturated carbocycles. The van der Waals surface area contributed by atoms with Crippen molar-refractivity contribution in [1.29, 1.82) is 5.41 Å². The van der Waals surface area contributed by atoms with E-state index in [9.17, 15) is 0 Å². The number of rotatable bonds is 5. The Kier molecular flexibility index (Phi) is 4.62. The van der Waals surface area contributed by atoms with E-state index in [1.54, 1.807) is 18.0 Å². The van der Waals surface area contributed by atoms with Crippen molar-refractivity contribution in [2.45, 2.75) is 25.2 Å². The van der Waals surface area contributed by atoms with Crippen LogP contribution in [0, 0.1) is 11.3 Å². The number of aromatic nitrogens is 1. The highest BCUT2D eigenvalue weighted by atomic mass is 32.2. The lowest BCUT2D eigenvalue weighted by Gasteiger charge is -2.07. The first-order valence-electron chi connectivity index (χ1n) is 5.03. The maximum atomic E-state index is 7.40. The normalized spacial score (nSPS) is 10.6. The van der Waals surface area contributed by atoms with Crippen LogP contribution < -0.4 is 5.73 Å². The van der Waals surface area contributed by atoms with Crippen LogP contribution in [0.3, 0.4) is 0 Å². The van der Waals surface area contributed by atoms with Crippen LogP contribution in [0.25, 0.3) is 0 Å². The Morgan fingerprint density at radius 2 is 2.33 bits per heavy atom. The quantitative estimate of drug-likeness (QED) is 0.458. The number of hydrogen-bond acceptors (Lipinski definition) is 3. The molecular weight excluding hydrogens is 206 g/mol. The molecule has 1 heterocycles. The Morgan fingerprint density at radius 3 is 2.93 bits per heavy atom. The molecule has 0 unspecified atom stereocenters. The highest BCUT2D eigenvalue weighted by Crippen LogP contribution is 2.22. The van der Waals surface area contributed by atoms with Crippen molar-refractivity contribution in [3.05, 3.63) is 24.0 Å². The Balaban J connectivity index is 2.63. The molecule has 1 aromatic rings. The lowest BCUT2D eigenvalue weighted by atomic mass is 10.2. The molecule has 0 bridgehead atoms. The van der Waals surface area contributed by atoms with Crippen LogP contribution in [-0.4, -0.2) is 16.6 Å². The second-order valence-corrected chi connectivity index (χ2v) is 4.93. The minimum atomic E-state index is 0.0441. The third-order valence-corrected chi connectivity index (χ3v) is 3.06. The van der Waals surface area contributed by atoms with Gasteiger partial charge in [-0.05, 0) is 30.2 Å². The predicted octanol–water partition coefficient (Wildman–Crippen LogP) is 2.50. The average molecular weight is 223 g/mol. The number of thioether (sulfide) groups is 1. The van der Waals surface area contributed by atoms with Crippen LogP contribution in [0.1, 0.15) is 26.0 Å². The smallest absolute Gasteiger partial charge is 0.142 e. The fourth-order valence-corrected chi connectivity index (χ4v) is 2.40. The number of pyridine rings is 1. The Hall–Kier alpha value is -1.03. The maximum absolute atomic E-state index is 7.40. The van der Waals surface area contributed by atoms with Gasteiger partial charge in [0, 0.05) is 11.1 Å². The van der Waals surface area contributed by atoms with Crippen molar-refractivity contribution in [2.24, 2.45) is 11.7 Å². The van der Waals surface area contributed by atoms with Gasteiger partial charge in [-0.3, -0.25) is 10.4 Å². The van der Waals surface area contributed by atoms with E-state index in [0.29, 0.717) is 11.6 Å². The highest BCUT2D eigenvalue weighted by molar-refractivity contribution is 7.99. The Morgan fingerprint density at radius 1 is 1.60 bits per heavy atom. The first-order chi connectivity index (χ1) is 7.11. The molecule has 82 valence electrons. The fraction of sp³-hybridized carbons (Fsp3) is 0.455. The van der Waals surface area contributed by atoms with Crippen LogP contribution in [0.4, 0.5) is 0 Å². The SMILES string of the molecule is CC(C)CCSc1cccnc1C(=N)N. The third kappa shape index (κ3) is 3.91. The molecule has 1 rings (SSSR count). The molecule has 3 N–H and O–H groups in total. The van der Waals surface area contributed by atoms with E-state index in [1.165, 1.54) is 0 Å². The number of nitrogens with one attached hydrogen (secondary N) is 1. The molecule has 0 aromatic carbocycles. The zero-order valence-corrected chi connectivity index (χ0v) is 9.97. The number of hydrogen-bond donors (Lipinski definition) is 2. The average Bonchev–Trinajstić information content (AvgIpc) is 2.17. The lowest BCUT2D eigenvalue weighted by molar-refractivity contribution is 0.632. The van der Waals surface area contributed by atoms with Gasteiger partial charge in [-0.25, -0.2) is 0 Å². The summed E-state index contributed by atoms with van der Waals surface area (Å²) in [4.78, 5) is 5.11. The first-order valence-corrected chi connectivity index (χ1v) is 6.02. The van der Waals surface area contributed by atoms with Crippen molar-refractivity contribution < 1.29 is 0 Å². The van der Waals surface area contributed by atoms with Crippen molar-refractivity contribution >= 4 is 17.6 Å². The molecule has 15 heavy (non-hydrogen) atoms. The van der Waals surface area contributed by atoms with Crippen LogP contribution in [0.15, 0.2) is 23.2 Å². The molecular formula is C11H17N3S. The van der Waals surface area contributed by atoms with E-state index in [2.05, 4.69) is 18.8 Å². The third-order valence-electron chi connectivity index (χ3n) is 1.98. The van der Waals surface area contributed by atoms with E-state index in [-0.39, 0.29) is 5.84 Å². The largest absolute Gasteiger partial charge is 0.382 e. The van der Waals surface area contributed by atoms with Gasteiger partial charge in [0.25, 0.3) is 0 Å². The summed E-state index contributed by atoms with van der Waals surface area (Å²) in [5, 5.41) is 7.40. The molecule has 0 atom stereocenters. The standard InChI is InChI=1S/C11H17N3S/c1-8(2)5-7-15-9-4-3-6-14-10(9)11(12)13/h3-4,6,8H,5,7H2,1-2H3,(H3,12,13). The molecule has 0 saturated heterocycles. The van der Waals surface area contributed by atoms with E-state index in [0.717, 1.165) is 17.1 Å². The fourth-order valence-electron chi connectivity index (χ4n) is 1.11. The topological polar surface area (TPSA) is 62.8 Å². The van der Waals surface area contributed by atoms with Gasteiger partial charge in [-0.2, -0.15) is 0 Å². The molecule has 0 aliphatic carbocycles. The monoisotopic (exact) mass is 223 g/mol. The van der Waals surface area contributed by atoms with E-state index < -0.39 is 0 Å². The van der Waals surface area contributed by atoms with Gasteiger partial charge in [0.1, 0.15) is 11.5 Å². The number of nitrogens with zero attached hydrogens (tertiary/aromatic N) is 1. The summed E-state index contributed by atoms with van der Waals surface area (Å²) in [5.41, 5.74) is 6.06. The van der Waals surface area contributed by atoms with E-state index in [1.807, 2.05) is 12.1 Å². The van der Waals surface area contributed by atoms with Gasteiger partial charge in [-0.15, -0.1) is 11.8 Å². The minimum absolute atomic E-state index is 0.0441. The van der Waals surface area contributed by atoms with Gasteiger partial charge in [-0.1, -0.05) is 13.8 Å².